The minimum absolute atomic E-state index is 0.211. The fourth-order valence-corrected chi connectivity index (χ4v) is 2.17. The van der Waals surface area contributed by atoms with Gasteiger partial charge in [0.2, 0.25) is 5.82 Å². The van der Waals surface area contributed by atoms with Gasteiger partial charge in [0.05, 0.1) is 0 Å². The van der Waals surface area contributed by atoms with Crippen molar-refractivity contribution in [1.82, 2.24) is 30.3 Å². The van der Waals surface area contributed by atoms with Gasteiger partial charge in [0.25, 0.3) is 5.91 Å². The maximum absolute atomic E-state index is 11.9. The standard InChI is InChI=1S/C12H22N6O/c1-4-10-14-11(16-15-10)12(19)13-7-9-8-17(2)5-6-18(9)3/h9H,4-8H2,1-3H3,(H,13,19)(H,14,15,16). The van der Waals surface area contributed by atoms with Gasteiger partial charge in [-0.05, 0) is 14.1 Å². The van der Waals surface area contributed by atoms with Gasteiger partial charge in [0.1, 0.15) is 5.82 Å². The molecule has 7 heteroatoms. The molecule has 7 nitrogen and oxygen atoms in total. The number of hydrogen-bond acceptors (Lipinski definition) is 5. The summed E-state index contributed by atoms with van der Waals surface area (Å²) in [6, 6.07) is 0.340. The molecule has 1 aliphatic rings. The molecule has 106 valence electrons. The van der Waals surface area contributed by atoms with Crippen molar-refractivity contribution in [3.8, 4) is 0 Å². The van der Waals surface area contributed by atoms with Crippen LogP contribution in [0.5, 0.6) is 0 Å². The van der Waals surface area contributed by atoms with Crippen molar-refractivity contribution in [3.63, 3.8) is 0 Å². The van der Waals surface area contributed by atoms with Gasteiger partial charge in [-0.15, -0.1) is 5.10 Å². The lowest BCUT2D eigenvalue weighted by Crippen LogP contribution is -2.54. The molecular weight excluding hydrogens is 244 g/mol. The number of carbonyl (C=O) groups is 1. The van der Waals surface area contributed by atoms with Crippen molar-refractivity contribution in [2.45, 2.75) is 19.4 Å². The first-order valence-electron chi connectivity index (χ1n) is 6.68. The molecule has 1 aromatic rings. The van der Waals surface area contributed by atoms with E-state index >= 15 is 0 Å². The second-order valence-electron chi connectivity index (χ2n) is 5.07. The number of likely N-dealkylation sites (N-methyl/N-ethyl adjacent to an activating group) is 2. The molecule has 0 aliphatic carbocycles. The van der Waals surface area contributed by atoms with E-state index in [1.165, 1.54) is 0 Å². The number of H-pyrrole nitrogens is 1. The lowest BCUT2D eigenvalue weighted by atomic mass is 10.2. The van der Waals surface area contributed by atoms with Crippen LogP contribution in [-0.4, -0.2) is 77.2 Å². The Hall–Kier alpha value is -1.47. The Morgan fingerprint density at radius 1 is 1.47 bits per heavy atom. The molecule has 1 atom stereocenters. The molecule has 0 saturated carbocycles. The summed E-state index contributed by atoms with van der Waals surface area (Å²) in [7, 11) is 4.19. The van der Waals surface area contributed by atoms with E-state index in [-0.39, 0.29) is 11.7 Å². The van der Waals surface area contributed by atoms with E-state index in [1.54, 1.807) is 0 Å². The van der Waals surface area contributed by atoms with Crippen LogP contribution in [0.1, 0.15) is 23.4 Å². The number of rotatable bonds is 4. The predicted octanol–water partition coefficient (Wildman–Crippen LogP) is -0.657. The van der Waals surface area contributed by atoms with Crippen molar-refractivity contribution < 1.29 is 4.79 Å². The van der Waals surface area contributed by atoms with E-state index in [0.29, 0.717) is 12.6 Å². The van der Waals surface area contributed by atoms with Crippen LogP contribution < -0.4 is 5.32 Å². The Morgan fingerprint density at radius 3 is 2.95 bits per heavy atom. The van der Waals surface area contributed by atoms with Crippen LogP contribution in [-0.2, 0) is 6.42 Å². The molecule has 1 fully saturated rings. The number of aromatic nitrogens is 3. The Kier molecular flexibility index (Phi) is 4.49. The largest absolute Gasteiger partial charge is 0.348 e. The summed E-state index contributed by atoms with van der Waals surface area (Å²) in [5, 5.41) is 9.57. The molecule has 19 heavy (non-hydrogen) atoms. The molecule has 2 N–H and O–H groups in total. The highest BCUT2D eigenvalue weighted by Gasteiger charge is 2.23. The zero-order valence-electron chi connectivity index (χ0n) is 11.8. The van der Waals surface area contributed by atoms with Crippen LogP contribution in [0.4, 0.5) is 0 Å². The summed E-state index contributed by atoms with van der Waals surface area (Å²) < 4.78 is 0. The first-order valence-corrected chi connectivity index (χ1v) is 6.68. The van der Waals surface area contributed by atoms with Crippen LogP contribution in [0.3, 0.4) is 0 Å². The van der Waals surface area contributed by atoms with Crippen LogP contribution in [0.2, 0.25) is 0 Å². The fraction of sp³-hybridized carbons (Fsp3) is 0.750. The number of aryl methyl sites for hydroxylation is 1. The highest BCUT2D eigenvalue weighted by atomic mass is 16.2. The SMILES string of the molecule is CCc1nc(C(=O)NCC2CN(C)CCN2C)n[nH]1. The summed E-state index contributed by atoms with van der Waals surface area (Å²) in [6.07, 6.45) is 0.746. The Balaban J connectivity index is 1.85. The smallest absolute Gasteiger partial charge is 0.291 e. The van der Waals surface area contributed by atoms with Gasteiger partial charge in [0.15, 0.2) is 0 Å². The number of carbonyl (C=O) groups excluding carboxylic acids is 1. The lowest BCUT2D eigenvalue weighted by Gasteiger charge is -2.37. The van der Waals surface area contributed by atoms with Crippen molar-refractivity contribution >= 4 is 5.91 Å². The summed E-state index contributed by atoms with van der Waals surface area (Å²) >= 11 is 0. The van der Waals surface area contributed by atoms with Gasteiger partial charge in [-0.3, -0.25) is 14.8 Å². The molecule has 2 rings (SSSR count). The highest BCUT2D eigenvalue weighted by molar-refractivity contribution is 5.90. The predicted molar refractivity (Wildman–Crippen MR) is 72.0 cm³/mol. The Morgan fingerprint density at radius 2 is 2.26 bits per heavy atom. The average Bonchev–Trinajstić information content (AvgIpc) is 2.88. The van der Waals surface area contributed by atoms with Crippen molar-refractivity contribution in [2.75, 3.05) is 40.3 Å². The molecule has 0 spiro atoms. The Labute approximate surface area is 113 Å². The second kappa shape index (κ2) is 6.12. The monoisotopic (exact) mass is 266 g/mol. The lowest BCUT2D eigenvalue weighted by molar-refractivity contribution is 0.0872. The van der Waals surface area contributed by atoms with E-state index in [2.05, 4.69) is 44.4 Å². The van der Waals surface area contributed by atoms with Gasteiger partial charge in [-0.1, -0.05) is 6.92 Å². The van der Waals surface area contributed by atoms with Crippen molar-refractivity contribution in [1.29, 1.82) is 0 Å². The molecule has 1 saturated heterocycles. The van der Waals surface area contributed by atoms with E-state index in [1.807, 2.05) is 6.92 Å². The van der Waals surface area contributed by atoms with E-state index in [0.717, 1.165) is 31.9 Å². The summed E-state index contributed by atoms with van der Waals surface area (Å²) in [5.74, 6) is 0.751. The number of aromatic amines is 1. The van der Waals surface area contributed by atoms with Crippen molar-refractivity contribution in [3.05, 3.63) is 11.6 Å². The molecule has 0 bridgehead atoms. The van der Waals surface area contributed by atoms with E-state index < -0.39 is 0 Å². The van der Waals surface area contributed by atoms with Crippen LogP contribution >= 0.6 is 0 Å². The molecule has 0 aromatic carbocycles. The minimum atomic E-state index is -0.211. The quantitative estimate of drug-likeness (QED) is 0.757. The fourth-order valence-electron chi connectivity index (χ4n) is 2.17. The maximum atomic E-state index is 11.9. The second-order valence-corrected chi connectivity index (χ2v) is 5.07. The Bertz CT molecular complexity index is 432. The van der Waals surface area contributed by atoms with Gasteiger partial charge in [-0.25, -0.2) is 4.98 Å². The summed E-state index contributed by atoms with van der Waals surface area (Å²) in [6.45, 7) is 5.65. The van der Waals surface area contributed by atoms with Crippen LogP contribution in [0, 0.1) is 0 Å². The summed E-state index contributed by atoms with van der Waals surface area (Å²) in [5.41, 5.74) is 0. The first kappa shape index (κ1) is 14.0. The van der Waals surface area contributed by atoms with Crippen LogP contribution in [0.25, 0.3) is 0 Å². The number of piperazine rings is 1. The topological polar surface area (TPSA) is 77.2 Å². The third-order valence-corrected chi connectivity index (χ3v) is 3.55. The van der Waals surface area contributed by atoms with Crippen molar-refractivity contribution in [2.24, 2.45) is 0 Å². The zero-order valence-corrected chi connectivity index (χ0v) is 11.8. The van der Waals surface area contributed by atoms with E-state index in [9.17, 15) is 4.79 Å². The van der Waals surface area contributed by atoms with Crippen LogP contribution in [0.15, 0.2) is 0 Å². The number of nitrogens with zero attached hydrogens (tertiary/aromatic N) is 4. The first-order chi connectivity index (χ1) is 9.10. The molecule has 1 amide bonds. The molecule has 1 unspecified atom stereocenters. The third-order valence-electron chi connectivity index (χ3n) is 3.55. The molecular formula is C12H22N6O. The number of amides is 1. The van der Waals surface area contributed by atoms with Gasteiger partial charge in [0, 0.05) is 38.6 Å². The van der Waals surface area contributed by atoms with Gasteiger partial charge >= 0.3 is 0 Å². The normalized spacial score (nSPS) is 21.5. The van der Waals surface area contributed by atoms with E-state index in [4.69, 9.17) is 0 Å². The maximum Gasteiger partial charge on any atom is 0.291 e. The molecule has 0 radical (unpaired) electrons. The van der Waals surface area contributed by atoms with Gasteiger partial charge in [-0.2, -0.15) is 0 Å². The third kappa shape index (κ3) is 3.51. The van der Waals surface area contributed by atoms with Gasteiger partial charge < -0.3 is 10.2 Å². The number of hydrogen-bond donors (Lipinski definition) is 2. The minimum Gasteiger partial charge on any atom is -0.348 e. The zero-order chi connectivity index (χ0) is 13.8. The number of nitrogens with one attached hydrogen (secondary N) is 2. The summed E-state index contributed by atoms with van der Waals surface area (Å²) in [4.78, 5) is 20.6. The molecule has 1 aromatic heterocycles. The average molecular weight is 266 g/mol. The molecule has 1 aliphatic heterocycles. The highest BCUT2D eigenvalue weighted by Crippen LogP contribution is 2.05. The molecule has 2 heterocycles.